The van der Waals surface area contributed by atoms with Gasteiger partial charge in [0, 0.05) is 62.0 Å². The van der Waals surface area contributed by atoms with E-state index in [9.17, 15) is 19.2 Å². The molecule has 3 aromatic rings. The van der Waals surface area contributed by atoms with Crippen molar-refractivity contribution in [2.75, 3.05) is 74.1 Å². The molecule has 6 heterocycles. The second-order valence-electron chi connectivity index (χ2n) is 15.3. The number of benzene rings is 2. The molecule has 0 unspecified atom stereocenters. The van der Waals surface area contributed by atoms with Crippen molar-refractivity contribution in [3.05, 3.63) is 71.1 Å². The van der Waals surface area contributed by atoms with E-state index in [-0.39, 0.29) is 42.1 Å². The molecule has 5 fully saturated rings. The number of carbonyl (C=O) groups is 4. The summed E-state index contributed by atoms with van der Waals surface area (Å²) in [6, 6.07) is 10.8. The number of aromatic nitrogens is 2. The quantitative estimate of drug-likeness (QED) is 0.257. The fourth-order valence-corrected chi connectivity index (χ4v) is 8.69. The molecule has 14 nitrogen and oxygen atoms in total. The first-order valence-electron chi connectivity index (χ1n) is 19.1. The predicted molar refractivity (Wildman–Crippen MR) is 199 cm³/mol. The molecular formula is C39H45F2N9O5. The van der Waals surface area contributed by atoms with E-state index < -0.39 is 35.3 Å². The first-order chi connectivity index (χ1) is 26.6. The summed E-state index contributed by atoms with van der Waals surface area (Å²) in [6.07, 6.45) is 5.20. The lowest BCUT2D eigenvalue weighted by Gasteiger charge is -2.44. The summed E-state index contributed by atoms with van der Waals surface area (Å²) in [6.45, 7) is 6.54. The Kier molecular flexibility index (Phi) is 10.2. The number of ether oxygens (including phenoxy) is 1. The first kappa shape index (κ1) is 36.6. The van der Waals surface area contributed by atoms with Crippen LogP contribution in [-0.4, -0.2) is 109 Å². The average Bonchev–Trinajstić information content (AvgIpc) is 3.59. The highest BCUT2D eigenvalue weighted by atomic mass is 19.1. The fraction of sp³-hybridized carbons (Fsp3) is 0.487. The number of halogens is 2. The number of imide groups is 1. The molecule has 2 aromatic carbocycles. The second-order valence-corrected chi connectivity index (χ2v) is 15.3. The van der Waals surface area contributed by atoms with Gasteiger partial charge >= 0.3 is 6.09 Å². The zero-order valence-electron chi connectivity index (χ0n) is 30.5. The van der Waals surface area contributed by atoms with Crippen molar-refractivity contribution >= 4 is 46.8 Å². The van der Waals surface area contributed by atoms with Crippen LogP contribution in [0.4, 0.5) is 36.6 Å². The minimum Gasteiger partial charge on any atom is -0.448 e. The monoisotopic (exact) mass is 757 g/mol. The van der Waals surface area contributed by atoms with Crippen molar-refractivity contribution in [1.82, 2.24) is 25.1 Å². The van der Waals surface area contributed by atoms with Crippen LogP contribution in [0.2, 0.25) is 0 Å². The third-order valence-corrected chi connectivity index (χ3v) is 11.7. The Balaban J connectivity index is 0.825. The normalized spacial score (nSPS) is 22.7. The minimum atomic E-state index is -1.01. The maximum Gasteiger partial charge on any atom is 0.410 e. The van der Waals surface area contributed by atoms with Crippen molar-refractivity contribution in [2.24, 2.45) is 11.7 Å². The van der Waals surface area contributed by atoms with Crippen LogP contribution >= 0.6 is 0 Å². The van der Waals surface area contributed by atoms with E-state index in [1.54, 1.807) is 11.1 Å². The number of nitrogens with two attached hydrogens (primary N) is 1. The number of nitrogens with zero attached hydrogens (tertiary/aromatic N) is 6. The van der Waals surface area contributed by atoms with E-state index in [4.69, 9.17) is 15.5 Å². The SMILES string of the molecule is NC(=O)c1ncc(N2CCC[C@@H](N3CCOC3=O)C2)nc1Nc1ccc(C2CCN(CC3CN(c4cc(F)c([C@@H]5CCC(=O)NC5=O)c(F)c4)C3)CC2)cc1. The van der Waals surface area contributed by atoms with Gasteiger partial charge in [-0.3, -0.25) is 19.7 Å². The number of nitrogens with one attached hydrogen (secondary N) is 2. The molecule has 5 saturated heterocycles. The third-order valence-electron chi connectivity index (χ3n) is 11.7. The fourth-order valence-electron chi connectivity index (χ4n) is 8.69. The first-order valence-corrected chi connectivity index (χ1v) is 19.1. The Hall–Kier alpha value is -5.38. The number of hydrogen-bond donors (Lipinski definition) is 3. The molecule has 1 aromatic heterocycles. The number of likely N-dealkylation sites (tertiary alicyclic amines) is 1. The maximum absolute atomic E-state index is 15.1. The maximum atomic E-state index is 15.1. The summed E-state index contributed by atoms with van der Waals surface area (Å²) in [5, 5.41) is 5.43. The lowest BCUT2D eigenvalue weighted by Crippen LogP contribution is -2.52. The average molecular weight is 758 g/mol. The van der Waals surface area contributed by atoms with Gasteiger partial charge < -0.3 is 35.4 Å². The zero-order valence-corrected chi connectivity index (χ0v) is 30.5. The number of anilines is 4. The molecular weight excluding hydrogens is 712 g/mol. The van der Waals surface area contributed by atoms with Gasteiger partial charge in [-0.2, -0.15) is 0 Å². The summed E-state index contributed by atoms with van der Waals surface area (Å²) in [5.74, 6) is -2.61. The van der Waals surface area contributed by atoms with Gasteiger partial charge in [0.2, 0.25) is 11.8 Å². The lowest BCUT2D eigenvalue weighted by molar-refractivity contribution is -0.134. The third kappa shape index (κ3) is 7.77. The zero-order chi connectivity index (χ0) is 38.2. The van der Waals surface area contributed by atoms with Crippen molar-refractivity contribution in [3.63, 3.8) is 0 Å². The predicted octanol–water partition coefficient (Wildman–Crippen LogP) is 3.85. The molecule has 4 N–H and O–H groups in total. The lowest BCUT2D eigenvalue weighted by atomic mass is 9.88. The highest BCUT2D eigenvalue weighted by molar-refractivity contribution is 6.01. The van der Waals surface area contributed by atoms with Crippen molar-refractivity contribution in [2.45, 2.75) is 56.4 Å². The minimum absolute atomic E-state index is 0.0185. The van der Waals surface area contributed by atoms with Gasteiger partial charge in [-0.15, -0.1) is 0 Å². The van der Waals surface area contributed by atoms with Gasteiger partial charge in [0.15, 0.2) is 11.5 Å². The molecule has 4 amide bonds. The van der Waals surface area contributed by atoms with Crippen molar-refractivity contribution in [1.29, 1.82) is 0 Å². The van der Waals surface area contributed by atoms with E-state index in [2.05, 4.69) is 37.6 Å². The molecule has 16 heteroatoms. The Morgan fingerprint density at radius 2 is 1.69 bits per heavy atom. The van der Waals surface area contributed by atoms with Crippen LogP contribution in [0.15, 0.2) is 42.6 Å². The largest absolute Gasteiger partial charge is 0.448 e. The van der Waals surface area contributed by atoms with Gasteiger partial charge in [-0.05, 0) is 80.9 Å². The van der Waals surface area contributed by atoms with Gasteiger partial charge in [-0.25, -0.2) is 23.5 Å². The van der Waals surface area contributed by atoms with E-state index in [0.717, 1.165) is 57.5 Å². The highest BCUT2D eigenvalue weighted by Crippen LogP contribution is 2.36. The number of primary amides is 1. The summed E-state index contributed by atoms with van der Waals surface area (Å²) in [4.78, 5) is 65.5. The van der Waals surface area contributed by atoms with E-state index in [0.29, 0.717) is 56.1 Å². The molecule has 0 saturated carbocycles. The van der Waals surface area contributed by atoms with Crippen LogP contribution < -0.4 is 26.2 Å². The molecule has 0 spiro atoms. The van der Waals surface area contributed by atoms with Gasteiger partial charge in [0.05, 0.1) is 24.7 Å². The molecule has 0 bridgehead atoms. The molecule has 0 aliphatic carbocycles. The number of rotatable bonds is 10. The second kappa shape index (κ2) is 15.4. The van der Waals surface area contributed by atoms with E-state index >= 15 is 8.78 Å². The van der Waals surface area contributed by atoms with E-state index in [1.165, 1.54) is 17.7 Å². The summed E-state index contributed by atoms with van der Waals surface area (Å²) >= 11 is 0. The smallest absolute Gasteiger partial charge is 0.410 e. The van der Waals surface area contributed by atoms with Crippen molar-refractivity contribution in [3.8, 4) is 0 Å². The summed E-state index contributed by atoms with van der Waals surface area (Å²) in [7, 11) is 0. The van der Waals surface area contributed by atoms with Crippen LogP contribution in [0, 0.1) is 17.6 Å². The molecule has 5 aliphatic heterocycles. The number of piperidine rings is 3. The van der Waals surface area contributed by atoms with Gasteiger partial charge in [0.1, 0.15) is 24.1 Å². The summed E-state index contributed by atoms with van der Waals surface area (Å²) < 4.78 is 35.3. The van der Waals surface area contributed by atoms with Gasteiger partial charge in [0.25, 0.3) is 5.91 Å². The number of amides is 4. The number of cyclic esters (lactones) is 1. The highest BCUT2D eigenvalue weighted by Gasteiger charge is 2.36. The molecule has 55 heavy (non-hydrogen) atoms. The Bertz CT molecular complexity index is 1950. The number of hydrogen-bond acceptors (Lipinski definition) is 11. The summed E-state index contributed by atoms with van der Waals surface area (Å²) in [5.41, 5.74) is 7.90. The standard InChI is InChI=1S/C39H45F2N9O5/c40-30-16-28(17-31(41)34(30)29-7-8-33(51)46-38(29)53)49-20-23(21-49)19-47-12-9-25(10-13-47)24-3-5-26(6-4-24)44-37-35(36(42)52)43-18-32(45-37)48-11-1-2-27(22-48)50-14-15-55-39(50)54/h3-6,16-18,23,25,27,29H,1-2,7-15,19-22H2,(H2,42,52)(H,44,45)(H,46,51,53)/t27-,29+/m1/s1. The topological polar surface area (TPSA) is 166 Å². The molecule has 290 valence electrons. The molecule has 5 aliphatic rings. The Morgan fingerprint density at radius 3 is 2.36 bits per heavy atom. The molecule has 8 rings (SSSR count). The number of carbonyl (C=O) groups excluding carboxylic acids is 4. The van der Waals surface area contributed by atoms with Gasteiger partial charge in [-0.1, -0.05) is 12.1 Å². The Morgan fingerprint density at radius 1 is 0.945 bits per heavy atom. The van der Waals surface area contributed by atoms with Crippen LogP contribution in [0.5, 0.6) is 0 Å². The van der Waals surface area contributed by atoms with Crippen LogP contribution in [0.1, 0.15) is 72.0 Å². The van der Waals surface area contributed by atoms with Crippen LogP contribution in [0.3, 0.4) is 0 Å². The Labute approximate surface area is 317 Å². The molecule has 2 atom stereocenters. The van der Waals surface area contributed by atoms with Crippen molar-refractivity contribution < 1.29 is 32.7 Å². The van der Waals surface area contributed by atoms with Crippen LogP contribution in [0.25, 0.3) is 0 Å². The van der Waals surface area contributed by atoms with Crippen LogP contribution in [-0.2, 0) is 14.3 Å². The molecule has 0 radical (unpaired) electrons. The van der Waals surface area contributed by atoms with E-state index in [1.807, 2.05) is 17.0 Å².